The zero-order valence-corrected chi connectivity index (χ0v) is 14.3. The van der Waals surface area contributed by atoms with E-state index in [-0.39, 0.29) is 11.5 Å². The fourth-order valence-electron chi connectivity index (χ4n) is 3.39. The van der Waals surface area contributed by atoms with E-state index in [0.29, 0.717) is 12.8 Å². The first-order chi connectivity index (χ1) is 11.9. The van der Waals surface area contributed by atoms with Crippen LogP contribution >= 0.6 is 0 Å². The van der Waals surface area contributed by atoms with Crippen molar-refractivity contribution in [3.05, 3.63) is 71.8 Å². The van der Waals surface area contributed by atoms with Gasteiger partial charge in [-0.3, -0.25) is 4.99 Å². The normalized spacial score (nSPS) is 21.4. The van der Waals surface area contributed by atoms with E-state index in [0.717, 1.165) is 17.5 Å². The third kappa shape index (κ3) is 3.74. The first-order valence-electron chi connectivity index (χ1n) is 8.48. The number of rotatable bonds is 6. The molecule has 4 nitrogen and oxygen atoms in total. The van der Waals surface area contributed by atoms with Crippen LogP contribution in [0.25, 0.3) is 0 Å². The Morgan fingerprint density at radius 3 is 2.08 bits per heavy atom. The minimum absolute atomic E-state index is 0.166. The van der Waals surface area contributed by atoms with Crippen LogP contribution in [0.15, 0.2) is 65.7 Å². The van der Waals surface area contributed by atoms with Crippen molar-refractivity contribution < 1.29 is 15.3 Å². The Balaban J connectivity index is 1.98. The van der Waals surface area contributed by atoms with Gasteiger partial charge < -0.3 is 15.3 Å². The zero-order valence-electron chi connectivity index (χ0n) is 14.3. The molecule has 3 N–H and O–H groups in total. The van der Waals surface area contributed by atoms with Gasteiger partial charge in [0, 0.05) is 19.1 Å². The van der Waals surface area contributed by atoms with Gasteiger partial charge in [-0.25, -0.2) is 0 Å². The quantitative estimate of drug-likeness (QED) is 0.752. The van der Waals surface area contributed by atoms with Gasteiger partial charge in [0.15, 0.2) is 0 Å². The molecule has 2 aromatic carbocycles. The summed E-state index contributed by atoms with van der Waals surface area (Å²) in [6.07, 6.45) is 7.35. The second kappa shape index (κ2) is 6.73. The van der Waals surface area contributed by atoms with Crippen LogP contribution in [0.1, 0.15) is 30.9 Å². The molecule has 1 aliphatic rings. The Morgan fingerprint density at radius 2 is 1.56 bits per heavy atom. The van der Waals surface area contributed by atoms with Crippen molar-refractivity contribution in [2.24, 2.45) is 4.99 Å². The average Bonchev–Trinajstić information content (AvgIpc) is 3.06. The molecule has 3 rings (SSSR count). The lowest BCUT2D eigenvalue weighted by atomic mass is 9.76. The molecule has 1 heterocycles. The van der Waals surface area contributed by atoms with Crippen LogP contribution in [-0.4, -0.2) is 27.1 Å². The summed E-state index contributed by atoms with van der Waals surface area (Å²) in [4.78, 5) is 4.58. The van der Waals surface area contributed by atoms with Crippen LogP contribution in [0.2, 0.25) is 0 Å². The van der Waals surface area contributed by atoms with Gasteiger partial charge in [0.2, 0.25) is 0 Å². The van der Waals surface area contributed by atoms with Gasteiger partial charge >= 0.3 is 0 Å². The van der Waals surface area contributed by atoms with E-state index in [1.807, 2.05) is 24.3 Å². The number of phenols is 2. The summed E-state index contributed by atoms with van der Waals surface area (Å²) < 4.78 is 0. The summed E-state index contributed by atoms with van der Waals surface area (Å²) in [6.45, 7) is 2.06. The Hall–Kier alpha value is -2.59. The molecular weight excluding hydrogens is 314 g/mol. The maximum absolute atomic E-state index is 11.6. The van der Waals surface area contributed by atoms with Gasteiger partial charge in [0.1, 0.15) is 11.5 Å². The third-order valence-corrected chi connectivity index (χ3v) is 4.87. The second-order valence-electron chi connectivity index (χ2n) is 6.69. The van der Waals surface area contributed by atoms with Crippen molar-refractivity contribution in [1.82, 2.24) is 0 Å². The molecule has 1 aliphatic heterocycles. The van der Waals surface area contributed by atoms with E-state index < -0.39 is 11.1 Å². The van der Waals surface area contributed by atoms with Gasteiger partial charge in [-0.15, -0.1) is 0 Å². The Labute approximate surface area is 147 Å². The van der Waals surface area contributed by atoms with Crippen molar-refractivity contribution in [3.8, 4) is 11.5 Å². The van der Waals surface area contributed by atoms with Crippen LogP contribution in [0.3, 0.4) is 0 Å². The molecule has 0 saturated carbocycles. The number of nitrogens with zero attached hydrogens (tertiary/aromatic N) is 1. The minimum Gasteiger partial charge on any atom is -0.508 e. The molecule has 25 heavy (non-hydrogen) atoms. The van der Waals surface area contributed by atoms with Crippen LogP contribution in [0.4, 0.5) is 0 Å². The summed E-state index contributed by atoms with van der Waals surface area (Å²) >= 11 is 0. The maximum atomic E-state index is 11.6. The highest BCUT2D eigenvalue weighted by atomic mass is 16.3. The highest BCUT2D eigenvalue weighted by Crippen LogP contribution is 2.39. The molecule has 0 fully saturated rings. The highest BCUT2D eigenvalue weighted by molar-refractivity contribution is 5.75. The number of allylic oxidation sites excluding steroid dienone is 1. The molecule has 0 bridgehead atoms. The fraction of sp³-hybridized carbons (Fsp3) is 0.286. The summed E-state index contributed by atoms with van der Waals surface area (Å²) in [7, 11) is 0. The highest BCUT2D eigenvalue weighted by Gasteiger charge is 2.39. The maximum Gasteiger partial charge on any atom is 0.115 e. The van der Waals surface area contributed by atoms with Crippen molar-refractivity contribution >= 4 is 6.21 Å². The number of aliphatic hydroxyl groups is 1. The van der Waals surface area contributed by atoms with Gasteiger partial charge in [-0.2, -0.15) is 0 Å². The van der Waals surface area contributed by atoms with Gasteiger partial charge in [0.05, 0.1) is 11.1 Å². The average molecular weight is 337 g/mol. The molecule has 0 aromatic heterocycles. The van der Waals surface area contributed by atoms with Crippen LogP contribution in [0.5, 0.6) is 11.5 Å². The van der Waals surface area contributed by atoms with Gasteiger partial charge in [0.25, 0.3) is 0 Å². The zero-order chi connectivity index (χ0) is 17.9. The molecule has 2 atom stereocenters. The van der Waals surface area contributed by atoms with Gasteiger partial charge in [-0.05, 0) is 47.9 Å². The number of aliphatic imine (C=N–C) groups is 1. The van der Waals surface area contributed by atoms with Crippen molar-refractivity contribution in [2.75, 3.05) is 0 Å². The van der Waals surface area contributed by atoms with Crippen LogP contribution in [-0.2, 0) is 12.0 Å². The summed E-state index contributed by atoms with van der Waals surface area (Å²) in [5.74, 6) is 0.366. The van der Waals surface area contributed by atoms with Crippen LogP contribution in [0, 0.1) is 0 Å². The third-order valence-electron chi connectivity index (χ3n) is 4.87. The summed E-state index contributed by atoms with van der Waals surface area (Å²) in [6, 6.07) is 13.5. The van der Waals surface area contributed by atoms with Gasteiger partial charge in [-0.1, -0.05) is 37.3 Å². The van der Waals surface area contributed by atoms with Crippen molar-refractivity contribution in [1.29, 1.82) is 0 Å². The SMILES string of the molecule is CCC1(CC(O)(Cc2ccc(O)cc2)c2ccc(O)cc2)C=CC=N1. The van der Waals surface area contributed by atoms with E-state index in [9.17, 15) is 15.3 Å². The lowest BCUT2D eigenvalue weighted by Crippen LogP contribution is -2.38. The fourth-order valence-corrected chi connectivity index (χ4v) is 3.39. The number of benzene rings is 2. The number of phenolic OH excluding ortho intramolecular Hbond substituents is 2. The molecule has 0 radical (unpaired) electrons. The predicted molar refractivity (Wildman–Crippen MR) is 99.1 cm³/mol. The summed E-state index contributed by atoms with van der Waals surface area (Å²) in [5, 5.41) is 30.7. The Kier molecular flexibility index (Phi) is 4.64. The molecule has 130 valence electrons. The van der Waals surface area contributed by atoms with Crippen molar-refractivity contribution in [3.63, 3.8) is 0 Å². The number of hydrogen-bond donors (Lipinski definition) is 3. The molecule has 0 aliphatic carbocycles. The Morgan fingerprint density at radius 1 is 0.960 bits per heavy atom. The molecule has 4 heteroatoms. The minimum atomic E-state index is -1.15. The van der Waals surface area contributed by atoms with E-state index in [4.69, 9.17) is 0 Å². The lowest BCUT2D eigenvalue weighted by Gasteiger charge is -2.36. The smallest absolute Gasteiger partial charge is 0.115 e. The first kappa shape index (κ1) is 17.2. The monoisotopic (exact) mass is 337 g/mol. The molecule has 2 aromatic rings. The summed E-state index contributed by atoms with van der Waals surface area (Å²) in [5.41, 5.74) is 0.0864. The molecule has 0 spiro atoms. The molecule has 2 unspecified atom stereocenters. The number of hydrogen-bond acceptors (Lipinski definition) is 4. The lowest BCUT2D eigenvalue weighted by molar-refractivity contribution is 0.0119. The standard InChI is InChI=1S/C21H23NO3/c1-2-20(12-3-13-22-20)15-21(25,17-6-10-19(24)11-7-17)14-16-4-8-18(23)9-5-16/h3-13,23-25H,2,14-15H2,1H3. The molecule has 0 saturated heterocycles. The van der Waals surface area contributed by atoms with Crippen LogP contribution < -0.4 is 0 Å². The van der Waals surface area contributed by atoms with E-state index in [1.165, 1.54) is 0 Å². The van der Waals surface area contributed by atoms with E-state index >= 15 is 0 Å². The largest absolute Gasteiger partial charge is 0.508 e. The van der Waals surface area contributed by atoms with E-state index in [2.05, 4.69) is 11.9 Å². The Bertz CT molecular complexity index is 766. The second-order valence-corrected chi connectivity index (χ2v) is 6.69. The van der Waals surface area contributed by atoms with E-state index in [1.54, 1.807) is 42.6 Å². The van der Waals surface area contributed by atoms with Crippen molar-refractivity contribution in [2.45, 2.75) is 37.3 Å². The molecule has 0 amide bonds. The molecular formula is C21H23NO3. The topological polar surface area (TPSA) is 73.0 Å². The first-order valence-corrected chi connectivity index (χ1v) is 8.48. The number of aromatic hydroxyl groups is 2. The predicted octanol–water partition coefficient (Wildman–Crippen LogP) is 3.71.